The predicted octanol–water partition coefficient (Wildman–Crippen LogP) is 5.61. The van der Waals surface area contributed by atoms with Crippen molar-refractivity contribution in [3.8, 4) is 11.3 Å². The SMILES string of the molecule is CCCCCCC(NC(=O)OC(C)(C)C)c1ncc(-c2ccccc2)[nH]1. The summed E-state index contributed by atoms with van der Waals surface area (Å²) in [7, 11) is 0. The lowest BCUT2D eigenvalue weighted by Gasteiger charge is -2.23. The van der Waals surface area contributed by atoms with Crippen molar-refractivity contribution >= 4 is 6.09 Å². The van der Waals surface area contributed by atoms with Gasteiger partial charge in [0.25, 0.3) is 0 Å². The number of ether oxygens (including phenoxy) is 1. The quantitative estimate of drug-likeness (QED) is 0.603. The smallest absolute Gasteiger partial charge is 0.408 e. The van der Waals surface area contributed by atoms with Crippen molar-refractivity contribution < 1.29 is 9.53 Å². The van der Waals surface area contributed by atoms with Gasteiger partial charge in [-0.05, 0) is 32.8 Å². The maximum atomic E-state index is 12.2. The summed E-state index contributed by atoms with van der Waals surface area (Å²) in [6.45, 7) is 7.78. The molecule has 0 saturated heterocycles. The fraction of sp³-hybridized carbons (Fsp3) is 0.524. The van der Waals surface area contributed by atoms with Gasteiger partial charge in [0.1, 0.15) is 11.4 Å². The third-order valence-electron chi connectivity index (χ3n) is 4.05. The Balaban J connectivity index is 2.09. The minimum Gasteiger partial charge on any atom is -0.444 e. The van der Waals surface area contributed by atoms with Crippen LogP contribution in [0.4, 0.5) is 4.79 Å². The Kier molecular flexibility index (Phi) is 7.25. The van der Waals surface area contributed by atoms with Crippen LogP contribution < -0.4 is 5.32 Å². The molecule has 2 rings (SSSR count). The molecule has 0 aliphatic heterocycles. The molecule has 2 N–H and O–H groups in total. The van der Waals surface area contributed by atoms with Crippen molar-refractivity contribution in [3.05, 3.63) is 42.4 Å². The van der Waals surface area contributed by atoms with Crippen LogP contribution in [-0.2, 0) is 4.74 Å². The van der Waals surface area contributed by atoms with Crippen LogP contribution in [0, 0.1) is 0 Å². The molecule has 0 spiro atoms. The second-order valence-corrected chi connectivity index (χ2v) is 7.60. The number of amides is 1. The van der Waals surface area contributed by atoms with Crippen LogP contribution >= 0.6 is 0 Å². The molecule has 0 radical (unpaired) electrons. The number of imidazole rings is 1. The lowest BCUT2D eigenvalue weighted by molar-refractivity contribution is 0.0498. The van der Waals surface area contributed by atoms with E-state index in [1.807, 2.05) is 57.3 Å². The van der Waals surface area contributed by atoms with Crippen molar-refractivity contribution in [2.24, 2.45) is 0 Å². The summed E-state index contributed by atoms with van der Waals surface area (Å²) >= 11 is 0. The van der Waals surface area contributed by atoms with E-state index >= 15 is 0 Å². The van der Waals surface area contributed by atoms with Crippen LogP contribution in [0.25, 0.3) is 11.3 Å². The number of aromatic nitrogens is 2. The van der Waals surface area contributed by atoms with Crippen LogP contribution in [0.1, 0.15) is 71.7 Å². The van der Waals surface area contributed by atoms with E-state index in [-0.39, 0.29) is 6.04 Å². The van der Waals surface area contributed by atoms with Gasteiger partial charge in [0, 0.05) is 0 Å². The summed E-state index contributed by atoms with van der Waals surface area (Å²) in [5, 5.41) is 2.98. The highest BCUT2D eigenvalue weighted by Crippen LogP contribution is 2.23. The molecular weight excluding hydrogens is 326 g/mol. The molecule has 0 aliphatic rings. The lowest BCUT2D eigenvalue weighted by atomic mass is 10.1. The number of rotatable bonds is 8. The summed E-state index contributed by atoms with van der Waals surface area (Å²) in [4.78, 5) is 20.1. The Bertz CT molecular complexity index is 674. The maximum absolute atomic E-state index is 12.2. The average molecular weight is 357 g/mol. The van der Waals surface area contributed by atoms with Crippen molar-refractivity contribution in [1.82, 2.24) is 15.3 Å². The lowest BCUT2D eigenvalue weighted by Crippen LogP contribution is -2.35. The van der Waals surface area contributed by atoms with Gasteiger partial charge < -0.3 is 15.0 Å². The molecule has 1 amide bonds. The first-order valence-electron chi connectivity index (χ1n) is 9.49. The first kappa shape index (κ1) is 20.0. The fourth-order valence-corrected chi connectivity index (χ4v) is 2.78. The number of carbonyl (C=O) groups is 1. The van der Waals surface area contributed by atoms with Crippen molar-refractivity contribution in [2.75, 3.05) is 0 Å². The molecule has 1 atom stereocenters. The zero-order valence-corrected chi connectivity index (χ0v) is 16.3. The van der Waals surface area contributed by atoms with Gasteiger partial charge in [-0.2, -0.15) is 0 Å². The molecule has 1 unspecified atom stereocenters. The first-order valence-corrected chi connectivity index (χ1v) is 9.49. The number of nitrogens with zero attached hydrogens (tertiary/aromatic N) is 1. The summed E-state index contributed by atoms with van der Waals surface area (Å²) in [6, 6.07) is 9.87. The highest BCUT2D eigenvalue weighted by molar-refractivity contribution is 5.68. The Labute approximate surface area is 156 Å². The number of H-pyrrole nitrogens is 1. The van der Waals surface area contributed by atoms with E-state index in [9.17, 15) is 4.79 Å². The van der Waals surface area contributed by atoms with E-state index in [0.29, 0.717) is 0 Å². The molecule has 26 heavy (non-hydrogen) atoms. The fourth-order valence-electron chi connectivity index (χ4n) is 2.78. The number of benzene rings is 1. The van der Waals surface area contributed by atoms with E-state index in [2.05, 4.69) is 22.2 Å². The van der Waals surface area contributed by atoms with E-state index in [4.69, 9.17) is 4.74 Å². The molecule has 5 heteroatoms. The van der Waals surface area contributed by atoms with Crippen molar-refractivity contribution in [3.63, 3.8) is 0 Å². The summed E-state index contributed by atoms with van der Waals surface area (Å²) in [5.41, 5.74) is 1.51. The van der Waals surface area contributed by atoms with Crippen LogP contribution in [0.3, 0.4) is 0 Å². The second-order valence-electron chi connectivity index (χ2n) is 7.60. The molecular formula is C21H31N3O2. The number of unbranched alkanes of at least 4 members (excludes halogenated alkanes) is 3. The van der Waals surface area contributed by atoms with Crippen LogP contribution in [0.15, 0.2) is 36.5 Å². The van der Waals surface area contributed by atoms with Crippen molar-refractivity contribution in [2.45, 2.75) is 71.4 Å². The molecule has 2 aromatic rings. The highest BCUT2D eigenvalue weighted by Gasteiger charge is 2.22. The van der Waals surface area contributed by atoms with Gasteiger partial charge in [-0.1, -0.05) is 62.9 Å². The van der Waals surface area contributed by atoms with Crippen LogP contribution in [0.5, 0.6) is 0 Å². The number of alkyl carbamates (subject to hydrolysis) is 1. The Morgan fingerprint density at radius 3 is 2.58 bits per heavy atom. The Morgan fingerprint density at radius 2 is 1.92 bits per heavy atom. The topological polar surface area (TPSA) is 67.0 Å². The molecule has 142 valence electrons. The van der Waals surface area contributed by atoms with Gasteiger partial charge in [-0.15, -0.1) is 0 Å². The zero-order valence-electron chi connectivity index (χ0n) is 16.3. The minimum absolute atomic E-state index is 0.181. The first-order chi connectivity index (χ1) is 12.4. The van der Waals surface area contributed by atoms with E-state index in [1.165, 1.54) is 12.8 Å². The van der Waals surface area contributed by atoms with Gasteiger partial charge in [0.2, 0.25) is 0 Å². The van der Waals surface area contributed by atoms with E-state index < -0.39 is 11.7 Å². The van der Waals surface area contributed by atoms with Gasteiger partial charge >= 0.3 is 6.09 Å². The summed E-state index contributed by atoms with van der Waals surface area (Å²) in [6.07, 6.45) is 6.82. The van der Waals surface area contributed by atoms with E-state index in [0.717, 1.165) is 36.3 Å². The van der Waals surface area contributed by atoms with Gasteiger partial charge in [0.15, 0.2) is 0 Å². The van der Waals surface area contributed by atoms with Gasteiger partial charge in [-0.3, -0.25) is 0 Å². The molecule has 5 nitrogen and oxygen atoms in total. The number of hydrogen-bond donors (Lipinski definition) is 2. The molecule has 1 aromatic heterocycles. The van der Waals surface area contributed by atoms with Gasteiger partial charge in [-0.25, -0.2) is 9.78 Å². The van der Waals surface area contributed by atoms with E-state index in [1.54, 1.807) is 0 Å². The van der Waals surface area contributed by atoms with Crippen LogP contribution in [-0.4, -0.2) is 21.7 Å². The summed E-state index contributed by atoms with van der Waals surface area (Å²) in [5.74, 6) is 0.770. The molecule has 0 fully saturated rings. The van der Waals surface area contributed by atoms with Crippen LogP contribution in [0.2, 0.25) is 0 Å². The number of hydrogen-bond acceptors (Lipinski definition) is 3. The largest absolute Gasteiger partial charge is 0.444 e. The summed E-state index contributed by atoms with van der Waals surface area (Å²) < 4.78 is 5.42. The third-order valence-corrected chi connectivity index (χ3v) is 4.05. The Morgan fingerprint density at radius 1 is 1.19 bits per heavy atom. The Hall–Kier alpha value is -2.30. The monoisotopic (exact) mass is 357 g/mol. The van der Waals surface area contributed by atoms with Crippen molar-refractivity contribution in [1.29, 1.82) is 0 Å². The predicted molar refractivity (Wildman–Crippen MR) is 105 cm³/mol. The molecule has 0 bridgehead atoms. The highest BCUT2D eigenvalue weighted by atomic mass is 16.6. The number of aromatic amines is 1. The minimum atomic E-state index is -0.519. The zero-order chi connectivity index (χ0) is 19.0. The molecule has 1 heterocycles. The maximum Gasteiger partial charge on any atom is 0.408 e. The average Bonchev–Trinajstić information content (AvgIpc) is 3.07. The standard InChI is InChI=1S/C21H31N3O2/c1-5-6-7-11-14-17(24-20(25)26-21(2,3)4)19-22-15-18(23-19)16-12-9-8-10-13-16/h8-10,12-13,15,17H,5-7,11,14H2,1-4H3,(H,22,23)(H,24,25). The normalized spacial score (nSPS) is 12.6. The number of nitrogens with one attached hydrogen (secondary N) is 2. The third kappa shape index (κ3) is 6.54. The van der Waals surface area contributed by atoms with Gasteiger partial charge in [0.05, 0.1) is 17.9 Å². The molecule has 0 aliphatic carbocycles. The second kappa shape index (κ2) is 9.41. The molecule has 1 aromatic carbocycles. The number of carbonyl (C=O) groups excluding carboxylic acids is 1. The molecule has 0 saturated carbocycles.